The van der Waals surface area contributed by atoms with Crippen LogP contribution < -0.4 is 5.32 Å². The largest absolute Gasteiger partial charge is 0.352 e. The molecule has 2 rings (SSSR count). The predicted molar refractivity (Wildman–Crippen MR) is 83.6 cm³/mol. The highest BCUT2D eigenvalue weighted by atomic mass is 35.5. The minimum atomic E-state index is -0.0964. The normalized spacial score (nSPS) is 10.7. The van der Waals surface area contributed by atoms with Crippen LogP contribution >= 0.6 is 11.6 Å². The summed E-state index contributed by atoms with van der Waals surface area (Å²) in [5.74, 6) is -0.0964. The van der Waals surface area contributed by atoms with Crippen LogP contribution in [0.3, 0.4) is 0 Å². The van der Waals surface area contributed by atoms with Crippen molar-refractivity contribution in [1.29, 1.82) is 0 Å². The van der Waals surface area contributed by atoms with Crippen LogP contribution in [0.4, 0.5) is 0 Å². The van der Waals surface area contributed by atoms with Gasteiger partial charge in [0.2, 0.25) is 5.91 Å². The number of carbonyl (C=O) groups excluding carboxylic acids is 1. The number of carbonyl (C=O) groups is 1. The molecule has 0 fully saturated rings. The maximum Gasteiger partial charge on any atom is 0.244 e. The highest BCUT2D eigenvalue weighted by Crippen LogP contribution is 2.11. The predicted octanol–water partition coefficient (Wildman–Crippen LogP) is 3.71. The molecule has 1 amide bonds. The van der Waals surface area contributed by atoms with Gasteiger partial charge >= 0.3 is 0 Å². The first kappa shape index (κ1) is 14.4. The maximum atomic E-state index is 11.7. The van der Waals surface area contributed by atoms with Crippen LogP contribution in [-0.4, -0.2) is 12.5 Å². The van der Waals surface area contributed by atoms with E-state index in [0.29, 0.717) is 11.6 Å². The lowest BCUT2D eigenvalue weighted by Gasteiger charge is -2.02. The zero-order valence-electron chi connectivity index (χ0n) is 11.1. The number of amides is 1. The van der Waals surface area contributed by atoms with Gasteiger partial charge in [-0.3, -0.25) is 4.79 Å². The minimum absolute atomic E-state index is 0.0964. The van der Waals surface area contributed by atoms with Crippen molar-refractivity contribution in [1.82, 2.24) is 5.32 Å². The molecule has 0 radical (unpaired) electrons. The second kappa shape index (κ2) is 7.51. The van der Waals surface area contributed by atoms with Gasteiger partial charge in [0, 0.05) is 17.6 Å². The van der Waals surface area contributed by atoms with E-state index in [-0.39, 0.29) is 5.91 Å². The highest BCUT2D eigenvalue weighted by Gasteiger charge is 1.96. The van der Waals surface area contributed by atoms with Gasteiger partial charge < -0.3 is 5.32 Å². The molecule has 0 spiro atoms. The van der Waals surface area contributed by atoms with E-state index in [4.69, 9.17) is 11.6 Å². The van der Waals surface area contributed by atoms with Crippen LogP contribution in [0, 0.1) is 0 Å². The molecular formula is C17H16ClNO. The van der Waals surface area contributed by atoms with E-state index in [9.17, 15) is 4.79 Å². The van der Waals surface area contributed by atoms with Crippen LogP contribution in [0.2, 0.25) is 5.02 Å². The molecule has 0 unspecified atom stereocenters. The molecule has 102 valence electrons. The van der Waals surface area contributed by atoms with Crippen LogP contribution in [0.25, 0.3) is 6.08 Å². The quantitative estimate of drug-likeness (QED) is 0.834. The third kappa shape index (κ3) is 4.90. The van der Waals surface area contributed by atoms with Gasteiger partial charge in [-0.1, -0.05) is 54.1 Å². The van der Waals surface area contributed by atoms with Gasteiger partial charge in [0.15, 0.2) is 0 Å². The average molecular weight is 286 g/mol. The molecule has 2 nitrogen and oxygen atoms in total. The Kier molecular flexibility index (Phi) is 5.39. The molecule has 0 aliphatic carbocycles. The summed E-state index contributed by atoms with van der Waals surface area (Å²) in [6.45, 7) is 0.628. The van der Waals surface area contributed by atoms with Gasteiger partial charge in [-0.15, -0.1) is 0 Å². The Bertz CT molecular complexity index is 593. The Morgan fingerprint density at radius 2 is 1.90 bits per heavy atom. The van der Waals surface area contributed by atoms with E-state index in [1.807, 2.05) is 48.5 Å². The van der Waals surface area contributed by atoms with Crippen molar-refractivity contribution in [2.24, 2.45) is 0 Å². The molecule has 0 bridgehead atoms. The van der Waals surface area contributed by atoms with Crippen molar-refractivity contribution in [3.05, 3.63) is 76.8 Å². The van der Waals surface area contributed by atoms with Gasteiger partial charge in [-0.05, 0) is 35.8 Å². The fourth-order valence-corrected chi connectivity index (χ4v) is 2.01. The molecule has 0 aromatic heterocycles. The monoisotopic (exact) mass is 285 g/mol. The van der Waals surface area contributed by atoms with Gasteiger partial charge in [-0.25, -0.2) is 0 Å². The lowest BCUT2D eigenvalue weighted by atomic mass is 10.1. The topological polar surface area (TPSA) is 29.1 Å². The van der Waals surface area contributed by atoms with Gasteiger partial charge in [0.05, 0.1) is 0 Å². The highest BCUT2D eigenvalue weighted by molar-refractivity contribution is 6.30. The Morgan fingerprint density at radius 1 is 1.10 bits per heavy atom. The first-order valence-electron chi connectivity index (χ1n) is 6.49. The molecule has 0 saturated heterocycles. The minimum Gasteiger partial charge on any atom is -0.352 e. The lowest BCUT2D eigenvalue weighted by Crippen LogP contribution is -2.23. The summed E-state index contributed by atoms with van der Waals surface area (Å²) in [4.78, 5) is 11.7. The third-order valence-electron chi connectivity index (χ3n) is 2.83. The molecule has 0 aliphatic rings. The van der Waals surface area contributed by atoms with Crippen LogP contribution in [0.1, 0.15) is 11.1 Å². The molecular weight excluding hydrogens is 270 g/mol. The summed E-state index contributed by atoms with van der Waals surface area (Å²) in [7, 11) is 0. The van der Waals surface area contributed by atoms with Crippen LogP contribution in [0.15, 0.2) is 60.7 Å². The average Bonchev–Trinajstić information content (AvgIpc) is 2.46. The van der Waals surface area contributed by atoms with E-state index < -0.39 is 0 Å². The number of rotatable bonds is 5. The lowest BCUT2D eigenvalue weighted by molar-refractivity contribution is -0.116. The molecule has 0 aliphatic heterocycles. The van der Waals surface area contributed by atoms with E-state index in [1.54, 1.807) is 12.1 Å². The van der Waals surface area contributed by atoms with Crippen molar-refractivity contribution in [3.8, 4) is 0 Å². The fourth-order valence-electron chi connectivity index (χ4n) is 1.82. The summed E-state index contributed by atoms with van der Waals surface area (Å²) in [5.41, 5.74) is 2.13. The standard InChI is InChI=1S/C17H16ClNO/c18-16-8-4-7-15(13-16)9-10-17(20)19-12-11-14-5-2-1-3-6-14/h1-10,13H,11-12H2,(H,19,20)/b10-9+. The van der Waals surface area contributed by atoms with E-state index in [0.717, 1.165) is 12.0 Å². The zero-order valence-corrected chi connectivity index (χ0v) is 11.8. The van der Waals surface area contributed by atoms with Crippen LogP contribution in [-0.2, 0) is 11.2 Å². The van der Waals surface area contributed by atoms with Gasteiger partial charge in [0.1, 0.15) is 0 Å². The molecule has 2 aromatic rings. The maximum absolute atomic E-state index is 11.7. The number of benzene rings is 2. The van der Waals surface area contributed by atoms with Gasteiger partial charge in [0.25, 0.3) is 0 Å². The van der Waals surface area contributed by atoms with Crippen molar-refractivity contribution >= 4 is 23.6 Å². The number of halogens is 1. The van der Waals surface area contributed by atoms with E-state index in [1.165, 1.54) is 11.6 Å². The molecule has 3 heteroatoms. The van der Waals surface area contributed by atoms with E-state index in [2.05, 4.69) is 5.32 Å². The van der Waals surface area contributed by atoms with Crippen molar-refractivity contribution in [3.63, 3.8) is 0 Å². The fraction of sp³-hybridized carbons (Fsp3) is 0.118. The van der Waals surface area contributed by atoms with Crippen LogP contribution in [0.5, 0.6) is 0 Å². The first-order chi connectivity index (χ1) is 9.74. The summed E-state index contributed by atoms with van der Waals surface area (Å²) in [6.07, 6.45) is 4.11. The molecule has 1 N–H and O–H groups in total. The zero-order chi connectivity index (χ0) is 14.2. The number of hydrogen-bond acceptors (Lipinski definition) is 1. The van der Waals surface area contributed by atoms with E-state index >= 15 is 0 Å². The third-order valence-corrected chi connectivity index (χ3v) is 3.07. The van der Waals surface area contributed by atoms with Crippen molar-refractivity contribution in [2.75, 3.05) is 6.54 Å². The molecule has 0 atom stereocenters. The summed E-state index contributed by atoms with van der Waals surface area (Å²) in [6, 6.07) is 17.5. The summed E-state index contributed by atoms with van der Waals surface area (Å²) < 4.78 is 0. The Hall–Kier alpha value is -2.06. The molecule has 0 heterocycles. The Morgan fingerprint density at radius 3 is 2.65 bits per heavy atom. The molecule has 20 heavy (non-hydrogen) atoms. The second-order valence-electron chi connectivity index (χ2n) is 4.41. The number of hydrogen-bond donors (Lipinski definition) is 1. The Labute approximate surface area is 124 Å². The molecule has 0 saturated carbocycles. The Balaban J connectivity index is 1.78. The smallest absolute Gasteiger partial charge is 0.244 e. The van der Waals surface area contributed by atoms with Gasteiger partial charge in [-0.2, -0.15) is 0 Å². The van der Waals surface area contributed by atoms with Crippen molar-refractivity contribution < 1.29 is 4.79 Å². The van der Waals surface area contributed by atoms with Crippen molar-refractivity contribution in [2.45, 2.75) is 6.42 Å². The molecule has 2 aromatic carbocycles. The second-order valence-corrected chi connectivity index (χ2v) is 4.85. The summed E-state index contributed by atoms with van der Waals surface area (Å²) in [5, 5.41) is 3.52. The number of nitrogens with one attached hydrogen (secondary N) is 1. The first-order valence-corrected chi connectivity index (χ1v) is 6.87. The SMILES string of the molecule is O=C(/C=C/c1cccc(Cl)c1)NCCc1ccccc1. The summed E-state index contributed by atoms with van der Waals surface area (Å²) >= 11 is 5.88.